The highest BCUT2D eigenvalue weighted by Gasteiger charge is 2.34. The van der Waals surface area contributed by atoms with Gasteiger partial charge in [0.05, 0.1) is 33.8 Å². The number of alkyl halides is 3. The van der Waals surface area contributed by atoms with E-state index in [0.717, 1.165) is 23.3 Å². The van der Waals surface area contributed by atoms with Crippen molar-refractivity contribution < 1.29 is 18.1 Å². The molecule has 5 rings (SSSR count). The van der Waals surface area contributed by atoms with E-state index >= 15 is 0 Å². The van der Waals surface area contributed by atoms with Crippen LogP contribution in [-0.4, -0.2) is 50.2 Å². The molecule has 12 heteroatoms. The number of para-hydroxylation sites is 1. The molecule has 2 aromatic heterocycles. The van der Waals surface area contributed by atoms with Crippen LogP contribution >= 0.6 is 0 Å². The summed E-state index contributed by atoms with van der Waals surface area (Å²) in [6.45, 7) is 3.81. The zero-order valence-corrected chi connectivity index (χ0v) is 18.7. The topological polar surface area (TPSA) is 88.9 Å². The van der Waals surface area contributed by atoms with Gasteiger partial charge in [-0.3, -0.25) is 24.4 Å². The van der Waals surface area contributed by atoms with Crippen molar-refractivity contribution in [2.24, 2.45) is 0 Å². The second-order valence-electron chi connectivity index (χ2n) is 8.51. The molecule has 4 aromatic rings. The van der Waals surface area contributed by atoms with Crippen molar-refractivity contribution in [3.05, 3.63) is 80.3 Å². The summed E-state index contributed by atoms with van der Waals surface area (Å²) >= 11 is 0. The van der Waals surface area contributed by atoms with Gasteiger partial charge < -0.3 is 4.90 Å². The lowest BCUT2D eigenvalue weighted by Crippen LogP contribution is -2.48. The normalized spacial score (nSPS) is 15.3. The first-order chi connectivity index (χ1) is 16.6. The number of halogens is 3. The number of nitro benzene ring substituents is 1. The van der Waals surface area contributed by atoms with Crippen LogP contribution in [0.1, 0.15) is 11.3 Å². The van der Waals surface area contributed by atoms with Crippen molar-refractivity contribution in [1.29, 1.82) is 0 Å². The van der Waals surface area contributed by atoms with Crippen molar-refractivity contribution in [3.8, 4) is 0 Å². The molecular formula is C23H21F3N6O3. The Labute approximate surface area is 196 Å². The Hall–Kier alpha value is -3.93. The van der Waals surface area contributed by atoms with Gasteiger partial charge in [-0.15, -0.1) is 0 Å². The van der Waals surface area contributed by atoms with Crippen LogP contribution in [0.15, 0.2) is 53.3 Å². The SMILES string of the molecule is Cc1cc2n(CN3CCN(c4ccc(C(F)(F)F)cc4[N+](=O)[O-])CC3)c(=O)c3ccccc3n2n1. The van der Waals surface area contributed by atoms with E-state index in [4.69, 9.17) is 0 Å². The van der Waals surface area contributed by atoms with Crippen LogP contribution in [0.2, 0.25) is 0 Å². The number of rotatable bonds is 4. The second-order valence-corrected chi connectivity index (χ2v) is 8.51. The minimum absolute atomic E-state index is 0.145. The fraction of sp³-hybridized carbons (Fsp3) is 0.304. The number of anilines is 1. The average Bonchev–Trinajstić information content (AvgIpc) is 3.23. The molecule has 182 valence electrons. The quantitative estimate of drug-likeness (QED) is 0.323. The summed E-state index contributed by atoms with van der Waals surface area (Å²) in [4.78, 5) is 27.7. The summed E-state index contributed by atoms with van der Waals surface area (Å²) in [5, 5.41) is 16.5. The predicted molar refractivity (Wildman–Crippen MR) is 124 cm³/mol. The third-order valence-electron chi connectivity index (χ3n) is 6.25. The maximum Gasteiger partial charge on any atom is 0.416 e. The number of fused-ring (bicyclic) bond motifs is 3. The van der Waals surface area contributed by atoms with E-state index in [2.05, 4.69) is 5.10 Å². The molecule has 0 bridgehead atoms. The van der Waals surface area contributed by atoms with Gasteiger partial charge in [-0.2, -0.15) is 18.3 Å². The molecule has 0 N–H and O–H groups in total. The fourth-order valence-corrected chi connectivity index (χ4v) is 4.52. The van der Waals surface area contributed by atoms with Gasteiger partial charge in [-0.1, -0.05) is 12.1 Å². The van der Waals surface area contributed by atoms with Gasteiger partial charge in [0, 0.05) is 38.3 Å². The van der Waals surface area contributed by atoms with Gasteiger partial charge in [0.1, 0.15) is 11.3 Å². The van der Waals surface area contributed by atoms with Crippen molar-refractivity contribution in [3.63, 3.8) is 0 Å². The number of benzene rings is 2. The molecule has 1 aliphatic rings. The standard InChI is InChI=1S/C23H21F3N6O3/c1-15-12-21-30(22(33)17-4-2-3-5-18(17)31(21)27-15)14-28-8-10-29(11-9-28)19-7-6-16(23(24,25)26)13-20(19)32(34)35/h2-7,12-13H,8-11,14H2,1H3. The average molecular weight is 486 g/mol. The zero-order valence-electron chi connectivity index (χ0n) is 18.7. The van der Waals surface area contributed by atoms with E-state index in [1.807, 2.05) is 30.0 Å². The predicted octanol–water partition coefficient (Wildman–Crippen LogP) is 3.66. The van der Waals surface area contributed by atoms with Gasteiger partial charge in [0.2, 0.25) is 0 Å². The maximum absolute atomic E-state index is 13.3. The van der Waals surface area contributed by atoms with Crippen LogP contribution < -0.4 is 10.5 Å². The fourth-order valence-electron chi connectivity index (χ4n) is 4.52. The third kappa shape index (κ3) is 4.09. The van der Waals surface area contributed by atoms with Gasteiger partial charge in [-0.25, -0.2) is 4.52 Å². The minimum Gasteiger partial charge on any atom is -0.363 e. The first-order valence-corrected chi connectivity index (χ1v) is 10.9. The molecule has 35 heavy (non-hydrogen) atoms. The lowest BCUT2D eigenvalue weighted by Gasteiger charge is -2.36. The van der Waals surface area contributed by atoms with Crippen LogP contribution in [0.25, 0.3) is 16.6 Å². The summed E-state index contributed by atoms with van der Waals surface area (Å²) in [5.41, 5.74) is 0.531. The lowest BCUT2D eigenvalue weighted by atomic mass is 10.1. The van der Waals surface area contributed by atoms with Crippen LogP contribution in [0.3, 0.4) is 0 Å². The van der Waals surface area contributed by atoms with Crippen molar-refractivity contribution in [2.45, 2.75) is 19.8 Å². The van der Waals surface area contributed by atoms with E-state index in [0.29, 0.717) is 49.9 Å². The van der Waals surface area contributed by atoms with Crippen LogP contribution in [0.5, 0.6) is 0 Å². The van der Waals surface area contributed by atoms with Gasteiger partial charge in [0.15, 0.2) is 0 Å². The van der Waals surface area contributed by atoms with Crippen LogP contribution in [-0.2, 0) is 12.8 Å². The molecule has 0 unspecified atom stereocenters. The molecule has 3 heterocycles. The first-order valence-electron chi connectivity index (χ1n) is 10.9. The first kappa shape index (κ1) is 22.8. The largest absolute Gasteiger partial charge is 0.416 e. The molecule has 0 radical (unpaired) electrons. The summed E-state index contributed by atoms with van der Waals surface area (Å²) in [5.74, 6) is 0. The molecule has 9 nitrogen and oxygen atoms in total. The van der Waals surface area contributed by atoms with E-state index in [9.17, 15) is 28.1 Å². The van der Waals surface area contributed by atoms with E-state index in [-0.39, 0.29) is 11.2 Å². The highest BCUT2D eigenvalue weighted by Crippen LogP contribution is 2.36. The monoisotopic (exact) mass is 486 g/mol. The van der Waals surface area contributed by atoms with E-state index < -0.39 is 22.4 Å². The summed E-state index contributed by atoms with van der Waals surface area (Å²) in [6.07, 6.45) is -4.66. The molecule has 0 saturated carbocycles. The summed E-state index contributed by atoms with van der Waals surface area (Å²) < 4.78 is 42.5. The molecule has 1 fully saturated rings. The number of hydrogen-bond donors (Lipinski definition) is 0. The second kappa shape index (κ2) is 8.38. The summed E-state index contributed by atoms with van der Waals surface area (Å²) in [7, 11) is 0. The Morgan fingerprint density at radius 2 is 1.77 bits per heavy atom. The Morgan fingerprint density at radius 1 is 1.06 bits per heavy atom. The molecule has 0 aliphatic carbocycles. The highest BCUT2D eigenvalue weighted by molar-refractivity contribution is 5.80. The number of nitrogens with zero attached hydrogens (tertiary/aromatic N) is 6. The zero-order chi connectivity index (χ0) is 24.9. The molecule has 1 saturated heterocycles. The van der Waals surface area contributed by atoms with Crippen LogP contribution in [0, 0.1) is 17.0 Å². The number of hydrogen-bond acceptors (Lipinski definition) is 6. The Balaban J connectivity index is 1.40. The molecular weight excluding hydrogens is 465 g/mol. The Bertz CT molecular complexity index is 1500. The molecule has 0 spiro atoms. The van der Waals surface area contributed by atoms with Gasteiger partial charge in [-0.05, 0) is 31.2 Å². The van der Waals surface area contributed by atoms with Crippen LogP contribution in [0.4, 0.5) is 24.5 Å². The molecule has 2 aromatic carbocycles. The van der Waals surface area contributed by atoms with Crippen molar-refractivity contribution in [1.82, 2.24) is 19.1 Å². The molecule has 1 aliphatic heterocycles. The maximum atomic E-state index is 13.3. The molecule has 0 atom stereocenters. The van der Waals surface area contributed by atoms with E-state index in [1.54, 1.807) is 26.1 Å². The lowest BCUT2D eigenvalue weighted by molar-refractivity contribution is -0.384. The van der Waals surface area contributed by atoms with Gasteiger partial charge >= 0.3 is 6.18 Å². The van der Waals surface area contributed by atoms with E-state index in [1.165, 1.54) is 0 Å². The third-order valence-corrected chi connectivity index (χ3v) is 6.25. The number of piperazine rings is 1. The van der Waals surface area contributed by atoms with Gasteiger partial charge in [0.25, 0.3) is 11.2 Å². The van der Waals surface area contributed by atoms with Crippen molar-refractivity contribution in [2.75, 3.05) is 31.1 Å². The highest BCUT2D eigenvalue weighted by atomic mass is 19.4. The smallest absolute Gasteiger partial charge is 0.363 e. The number of aromatic nitrogens is 3. The van der Waals surface area contributed by atoms with Crippen molar-refractivity contribution >= 4 is 27.9 Å². The number of aryl methyl sites for hydroxylation is 1. The molecule has 0 amide bonds. The summed E-state index contributed by atoms with van der Waals surface area (Å²) in [6, 6.07) is 11.7. The minimum atomic E-state index is -4.66. The number of nitro groups is 1. The Kier molecular flexibility index (Phi) is 5.47. The Morgan fingerprint density at radius 3 is 2.46 bits per heavy atom.